The first kappa shape index (κ1) is 77.0. The Morgan fingerprint density at radius 2 is 0.562 bits per heavy atom. The number of piperidine rings is 3. The van der Waals surface area contributed by atoms with Crippen molar-refractivity contribution in [3.05, 3.63) is 0 Å². The Bertz CT molecular complexity index is 2270. The predicted molar refractivity (Wildman–Crippen MR) is 308 cm³/mol. The maximum atomic E-state index is 12.6. The molecule has 32 heteroatoms. The Morgan fingerprint density at radius 3 is 0.800 bits per heavy atom. The van der Waals surface area contributed by atoms with Gasteiger partial charge >= 0.3 is 6.18 Å². The monoisotopic (exact) mass is 1280 g/mol. The molecule has 0 aliphatic carbocycles. The number of rotatable bonds is 15. The Hall–Kier alpha value is -1.01. The van der Waals surface area contributed by atoms with Gasteiger partial charge < -0.3 is 14.7 Å². The molecule has 0 atom stereocenters. The summed E-state index contributed by atoms with van der Waals surface area (Å²) < 4.78 is 207. The van der Waals surface area contributed by atoms with E-state index >= 15 is 0 Å². The van der Waals surface area contributed by atoms with Crippen LogP contribution in [0.3, 0.4) is 0 Å². The van der Waals surface area contributed by atoms with Gasteiger partial charge in [-0.25, -0.2) is 72.2 Å². The van der Waals surface area contributed by atoms with E-state index < -0.39 is 96.6 Å². The highest BCUT2D eigenvalue weighted by molar-refractivity contribution is 7.90. The van der Waals surface area contributed by atoms with Gasteiger partial charge in [0.25, 0.3) is 0 Å². The molecule has 6 heterocycles. The van der Waals surface area contributed by atoms with E-state index in [9.17, 15) is 72.5 Å². The summed E-state index contributed by atoms with van der Waals surface area (Å²) in [5.74, 6) is -1.79. The van der Waals surface area contributed by atoms with E-state index in [4.69, 9.17) is 0 Å². The molecule has 0 aromatic carbocycles. The van der Waals surface area contributed by atoms with Crippen molar-refractivity contribution in [2.75, 3.05) is 174 Å². The summed E-state index contributed by atoms with van der Waals surface area (Å²) in [5, 5.41) is 0. The molecule has 80 heavy (non-hydrogen) atoms. The molecule has 0 aromatic rings. The first-order valence-corrected chi connectivity index (χ1v) is 38.0. The van der Waals surface area contributed by atoms with Crippen LogP contribution < -0.4 is 0 Å². The lowest BCUT2D eigenvalue weighted by molar-refractivity contribution is -0.130. The Labute approximate surface area is 480 Å². The first-order chi connectivity index (χ1) is 36.5. The van der Waals surface area contributed by atoms with Gasteiger partial charge in [-0.2, -0.15) is 26.1 Å². The fourth-order valence-electron chi connectivity index (χ4n) is 8.68. The van der Waals surface area contributed by atoms with Gasteiger partial charge in [-0.05, 0) is 97.2 Å². The fourth-order valence-corrected chi connectivity index (χ4v) is 16.5. The molecule has 6 aliphatic rings. The molecule has 0 saturated carbocycles. The highest BCUT2D eigenvalue weighted by Crippen LogP contribution is 2.25. The number of sulfonamides is 6. The largest absolute Gasteiger partial charge is 0.390 e. The van der Waals surface area contributed by atoms with Crippen LogP contribution in [0.5, 0.6) is 0 Å². The van der Waals surface area contributed by atoms with Gasteiger partial charge in [0.1, 0.15) is 0 Å². The number of halogens is 5. The molecule has 0 aromatic heterocycles. The number of hydrogen-bond donors (Lipinski definition) is 0. The van der Waals surface area contributed by atoms with Crippen LogP contribution in [0.15, 0.2) is 0 Å². The molecule has 0 unspecified atom stereocenters. The molecular formula is C48H100F5N9O12S6. The maximum absolute atomic E-state index is 12.6. The van der Waals surface area contributed by atoms with E-state index in [-0.39, 0.29) is 5.75 Å². The molecule has 0 N–H and O–H groups in total. The Balaban J connectivity index is 0.000000483. The highest BCUT2D eigenvalue weighted by atomic mass is 32.2. The zero-order valence-electron chi connectivity index (χ0n) is 49.6. The Morgan fingerprint density at radius 1 is 0.350 bits per heavy atom. The molecule has 6 saturated heterocycles. The normalized spacial score (nSPS) is 22.2. The van der Waals surface area contributed by atoms with E-state index in [0.717, 1.165) is 84.7 Å². The quantitative estimate of drug-likeness (QED) is 0.212. The van der Waals surface area contributed by atoms with Crippen LogP contribution >= 0.6 is 0 Å². The SMILES string of the molecule is CC1CCN(S(=O)(=O)CCC(F)(F)F)CC1.CC1CCN(S(C)(=O)=O)CC1.CCCS(=O)(=O)N1CCC(C)CC1.CCCS(=O)(=O)N1CCN(C)CC1.CN1CCN(S(=O)(=O)CCC(C)(F)F)CC1.CN1CCN(S(C)(=O)=O)CC1. The number of nitrogens with zero attached hydrogens (tertiary/aromatic N) is 9. The van der Waals surface area contributed by atoms with Crippen molar-refractivity contribution in [1.82, 2.24) is 40.5 Å². The lowest BCUT2D eigenvalue weighted by Crippen LogP contribution is -2.48. The molecule has 480 valence electrons. The van der Waals surface area contributed by atoms with Crippen LogP contribution in [0.1, 0.15) is 106 Å². The van der Waals surface area contributed by atoms with Crippen LogP contribution in [0.2, 0.25) is 0 Å². The van der Waals surface area contributed by atoms with Crippen molar-refractivity contribution in [1.29, 1.82) is 0 Å². The summed E-state index contributed by atoms with van der Waals surface area (Å²) in [6.45, 7) is 22.5. The maximum Gasteiger partial charge on any atom is 0.390 e. The third-order valence-corrected chi connectivity index (χ3v) is 25.0. The summed E-state index contributed by atoms with van der Waals surface area (Å²) in [6, 6.07) is 0. The van der Waals surface area contributed by atoms with Crippen LogP contribution in [0, 0.1) is 17.8 Å². The third-order valence-electron chi connectivity index (χ3n) is 14.5. The summed E-state index contributed by atoms with van der Waals surface area (Å²) in [7, 11) is -13.0. The van der Waals surface area contributed by atoms with Crippen LogP contribution in [0.25, 0.3) is 0 Å². The number of hydrogen-bond acceptors (Lipinski definition) is 15. The van der Waals surface area contributed by atoms with Crippen molar-refractivity contribution in [2.45, 2.75) is 118 Å². The van der Waals surface area contributed by atoms with Crippen molar-refractivity contribution in [3.8, 4) is 0 Å². The molecule has 6 rings (SSSR count). The standard InChI is InChI=1S/C9H16F3NO2S.C9H18F2N2O2S.C9H19NO2S.C8H18N2O2S.C7H15NO2S.C6H14N2O2S/c1-8-2-5-13(6-3-8)16(14,15)7-4-9(10,11)12;1-9(10,11)3-8-16(14,15)13-6-4-12(2)5-7-13;2*1-3-8-13(11,12)10-6-4-9(2)5-7-10;2*1-7-3-5-8(6-4-7)11(2,9)10/h8H,2-7H2,1H3;3-8H2,1-2H3;9H,3-8H2,1-2H3;3-8H2,1-2H3;7H,3-6H2,1-2H3;3-6H2,1-2H3. The van der Waals surface area contributed by atoms with E-state index in [1.807, 2.05) is 46.8 Å². The molecule has 0 radical (unpaired) electrons. The lowest BCUT2D eigenvalue weighted by atomic mass is 10.0. The van der Waals surface area contributed by atoms with Crippen LogP contribution in [-0.4, -0.2) is 278 Å². The fraction of sp³-hybridized carbons (Fsp3) is 1.00. The minimum atomic E-state index is -4.41. The average molecular weight is 1280 g/mol. The minimum Gasteiger partial charge on any atom is -0.304 e. The smallest absolute Gasteiger partial charge is 0.304 e. The van der Waals surface area contributed by atoms with Gasteiger partial charge in [0.2, 0.25) is 66.1 Å². The van der Waals surface area contributed by atoms with Crippen molar-refractivity contribution < 1.29 is 72.5 Å². The van der Waals surface area contributed by atoms with Crippen molar-refractivity contribution >= 4 is 60.1 Å². The average Bonchev–Trinajstić information content (AvgIpc) is 3.34. The summed E-state index contributed by atoms with van der Waals surface area (Å²) in [5.41, 5.74) is 0. The molecule has 6 fully saturated rings. The van der Waals surface area contributed by atoms with Gasteiger partial charge in [-0.3, -0.25) is 0 Å². The molecule has 0 bridgehead atoms. The molecular weight excluding hydrogens is 1180 g/mol. The second-order valence-electron chi connectivity index (χ2n) is 22.3. The summed E-state index contributed by atoms with van der Waals surface area (Å²) in [6.07, 6.45) is 3.19. The third kappa shape index (κ3) is 32.5. The van der Waals surface area contributed by atoms with Crippen molar-refractivity contribution in [3.63, 3.8) is 0 Å². The second-order valence-corrected chi connectivity index (χ2v) is 34.6. The van der Waals surface area contributed by atoms with E-state index in [2.05, 4.69) is 23.6 Å². The predicted octanol–water partition coefficient (Wildman–Crippen LogP) is 3.91. The van der Waals surface area contributed by atoms with E-state index in [1.54, 1.807) is 12.9 Å². The van der Waals surface area contributed by atoms with Gasteiger partial charge in [-0.1, -0.05) is 34.6 Å². The Kier molecular flexibility index (Phi) is 33.7. The van der Waals surface area contributed by atoms with E-state index in [0.29, 0.717) is 115 Å². The summed E-state index contributed by atoms with van der Waals surface area (Å²) in [4.78, 5) is 6.29. The first-order valence-electron chi connectivity index (χ1n) is 27.8. The minimum absolute atomic E-state index is 0.288. The van der Waals surface area contributed by atoms with Crippen LogP contribution in [-0.2, 0) is 60.1 Å². The highest BCUT2D eigenvalue weighted by Gasteiger charge is 2.34. The molecule has 6 aliphatic heterocycles. The van der Waals surface area contributed by atoms with E-state index in [1.165, 1.54) is 25.4 Å². The van der Waals surface area contributed by atoms with Crippen molar-refractivity contribution in [2.24, 2.45) is 17.8 Å². The van der Waals surface area contributed by atoms with Gasteiger partial charge in [0.05, 0.1) is 41.9 Å². The zero-order valence-corrected chi connectivity index (χ0v) is 54.5. The number of alkyl halides is 5. The summed E-state index contributed by atoms with van der Waals surface area (Å²) >= 11 is 0. The lowest BCUT2D eigenvalue weighted by Gasteiger charge is -2.31. The zero-order chi connectivity index (χ0) is 61.6. The molecule has 21 nitrogen and oxygen atoms in total. The topological polar surface area (TPSA) is 234 Å². The van der Waals surface area contributed by atoms with Gasteiger partial charge in [0.15, 0.2) is 0 Å². The second kappa shape index (κ2) is 35.0. The number of piperazine rings is 3. The van der Waals surface area contributed by atoms with Gasteiger partial charge in [-0.15, -0.1) is 0 Å². The van der Waals surface area contributed by atoms with Crippen LogP contribution in [0.4, 0.5) is 22.0 Å². The van der Waals surface area contributed by atoms with Gasteiger partial charge in [0, 0.05) is 124 Å². The molecule has 0 amide bonds. The number of likely N-dealkylation sites (N-methyl/N-ethyl adjacent to an activating group) is 3. The molecule has 0 spiro atoms.